The van der Waals surface area contributed by atoms with Crippen LogP contribution in [0.3, 0.4) is 0 Å². The average molecular weight is 272 g/mol. The largest absolute Gasteiger partial charge is 0.481 e. The van der Waals surface area contributed by atoms with E-state index in [-0.39, 0.29) is 29.2 Å². The second-order valence-corrected chi connectivity index (χ2v) is 6.16. The Balaban J connectivity index is 4.20. The number of hydrogen-bond acceptors (Lipinski definition) is 4. The molecule has 2 atom stereocenters. The molecule has 0 rings (SSSR count). The zero-order valence-electron chi connectivity index (χ0n) is 11.2. The third-order valence-corrected chi connectivity index (χ3v) is 3.91. The summed E-state index contributed by atoms with van der Waals surface area (Å²) in [6.45, 7) is 7.17. The van der Waals surface area contributed by atoms with Crippen molar-refractivity contribution in [2.24, 2.45) is 5.92 Å². The van der Waals surface area contributed by atoms with Crippen LogP contribution in [0.5, 0.6) is 0 Å². The van der Waals surface area contributed by atoms with Crippen molar-refractivity contribution in [2.45, 2.75) is 44.9 Å². The molecule has 0 aromatic carbocycles. The van der Waals surface area contributed by atoms with Gasteiger partial charge in [-0.3, -0.25) is 9.59 Å². The first kappa shape index (κ1) is 16.8. The molecule has 0 saturated carbocycles. The second kappa shape index (κ2) is 7.27. The number of nitriles is 1. The number of carbonyl (C=O) groups excluding carboxylic acids is 1. The molecular formula is C12H20N2O3S. The number of rotatable bonds is 7. The van der Waals surface area contributed by atoms with Crippen LogP contribution in [0.4, 0.5) is 0 Å². The molecule has 0 aliphatic heterocycles. The van der Waals surface area contributed by atoms with Crippen LogP contribution in [-0.4, -0.2) is 33.5 Å². The van der Waals surface area contributed by atoms with Crippen molar-refractivity contribution in [1.29, 1.82) is 5.26 Å². The Morgan fingerprint density at radius 3 is 2.39 bits per heavy atom. The Morgan fingerprint density at radius 2 is 2.00 bits per heavy atom. The number of carbonyl (C=O) groups is 2. The molecule has 0 spiro atoms. The zero-order valence-corrected chi connectivity index (χ0v) is 12.0. The van der Waals surface area contributed by atoms with Gasteiger partial charge >= 0.3 is 5.97 Å². The first-order valence-corrected chi connectivity index (χ1v) is 6.81. The van der Waals surface area contributed by atoms with E-state index in [9.17, 15) is 9.59 Å². The Labute approximate surface area is 112 Å². The lowest BCUT2D eigenvalue weighted by molar-refractivity contribution is -0.136. The summed E-state index contributed by atoms with van der Waals surface area (Å²) in [5.74, 6) is -0.944. The quantitative estimate of drug-likeness (QED) is 0.735. The molecule has 0 saturated heterocycles. The standard InChI is InChI=1S/C12H20N2O3S/c1-8(2)12(4,7-13)14-10(15)6-18-9(3)5-11(16)17/h8-9H,5-6H2,1-4H3,(H,14,15)(H,16,17). The number of nitrogens with one attached hydrogen (secondary N) is 1. The van der Waals surface area contributed by atoms with Crippen molar-refractivity contribution < 1.29 is 14.7 Å². The van der Waals surface area contributed by atoms with Gasteiger partial charge in [0.1, 0.15) is 5.54 Å². The molecule has 0 bridgehead atoms. The van der Waals surface area contributed by atoms with E-state index in [1.54, 1.807) is 13.8 Å². The highest BCUT2D eigenvalue weighted by Crippen LogP contribution is 2.17. The lowest BCUT2D eigenvalue weighted by Gasteiger charge is -2.27. The van der Waals surface area contributed by atoms with Crippen LogP contribution < -0.4 is 5.32 Å². The summed E-state index contributed by atoms with van der Waals surface area (Å²) in [6.07, 6.45) is 0.0254. The van der Waals surface area contributed by atoms with E-state index in [4.69, 9.17) is 10.4 Å². The van der Waals surface area contributed by atoms with Crippen LogP contribution >= 0.6 is 11.8 Å². The smallest absolute Gasteiger partial charge is 0.304 e. The SMILES string of the molecule is CC(CC(=O)O)SCC(=O)NC(C)(C#N)C(C)C. The van der Waals surface area contributed by atoms with E-state index in [1.165, 1.54) is 11.8 Å². The van der Waals surface area contributed by atoms with Crippen molar-refractivity contribution in [3.63, 3.8) is 0 Å². The van der Waals surface area contributed by atoms with Gasteiger partial charge in [-0.15, -0.1) is 11.8 Å². The van der Waals surface area contributed by atoms with E-state index in [2.05, 4.69) is 11.4 Å². The van der Waals surface area contributed by atoms with Crippen LogP contribution in [0.1, 0.15) is 34.1 Å². The van der Waals surface area contributed by atoms with Crippen LogP contribution in [0.15, 0.2) is 0 Å². The summed E-state index contributed by atoms with van der Waals surface area (Å²) in [4.78, 5) is 22.1. The maximum atomic E-state index is 11.7. The van der Waals surface area contributed by atoms with Crippen molar-refractivity contribution in [3.8, 4) is 6.07 Å². The lowest BCUT2D eigenvalue weighted by Crippen LogP contribution is -2.49. The first-order valence-electron chi connectivity index (χ1n) is 5.77. The number of carboxylic acid groups (broad SMARTS) is 1. The summed E-state index contributed by atoms with van der Waals surface area (Å²) in [5.41, 5.74) is -0.881. The highest BCUT2D eigenvalue weighted by atomic mass is 32.2. The van der Waals surface area contributed by atoms with Gasteiger partial charge in [-0.25, -0.2) is 0 Å². The van der Waals surface area contributed by atoms with Crippen LogP contribution in [-0.2, 0) is 9.59 Å². The van der Waals surface area contributed by atoms with Gasteiger partial charge in [-0.1, -0.05) is 20.8 Å². The number of hydrogen-bond donors (Lipinski definition) is 2. The Kier molecular flexibility index (Phi) is 6.77. The van der Waals surface area contributed by atoms with Crippen LogP contribution in [0.25, 0.3) is 0 Å². The van der Waals surface area contributed by atoms with Gasteiger partial charge in [0, 0.05) is 5.25 Å². The minimum absolute atomic E-state index is 0.00731. The average Bonchev–Trinajstić information content (AvgIpc) is 2.25. The topological polar surface area (TPSA) is 90.2 Å². The fourth-order valence-electron chi connectivity index (χ4n) is 1.15. The maximum Gasteiger partial charge on any atom is 0.304 e. The van der Waals surface area contributed by atoms with E-state index >= 15 is 0 Å². The third kappa shape index (κ3) is 5.92. The minimum atomic E-state index is -0.881. The van der Waals surface area contributed by atoms with Gasteiger partial charge < -0.3 is 10.4 Å². The van der Waals surface area contributed by atoms with Gasteiger partial charge in [-0.05, 0) is 12.8 Å². The van der Waals surface area contributed by atoms with Gasteiger partial charge in [-0.2, -0.15) is 5.26 Å². The molecular weight excluding hydrogens is 252 g/mol. The summed E-state index contributed by atoms with van der Waals surface area (Å²) in [7, 11) is 0. The predicted octanol–water partition coefficient (Wildman–Crippen LogP) is 1.64. The fourth-order valence-corrected chi connectivity index (χ4v) is 1.92. The van der Waals surface area contributed by atoms with E-state index in [0.717, 1.165) is 0 Å². The van der Waals surface area contributed by atoms with Crippen molar-refractivity contribution in [3.05, 3.63) is 0 Å². The monoisotopic (exact) mass is 272 g/mol. The third-order valence-electron chi connectivity index (χ3n) is 2.75. The molecule has 5 nitrogen and oxygen atoms in total. The number of carboxylic acids is 1. The minimum Gasteiger partial charge on any atom is -0.481 e. The second-order valence-electron chi connectivity index (χ2n) is 4.74. The van der Waals surface area contributed by atoms with Gasteiger partial charge in [0.15, 0.2) is 0 Å². The molecule has 0 heterocycles. The summed E-state index contributed by atoms with van der Waals surface area (Å²) in [5, 5.41) is 20.2. The molecule has 0 fully saturated rings. The molecule has 6 heteroatoms. The molecule has 0 aliphatic rings. The number of nitrogens with zero attached hydrogens (tertiary/aromatic N) is 1. The maximum absolute atomic E-state index is 11.7. The molecule has 18 heavy (non-hydrogen) atoms. The number of aliphatic carboxylic acids is 1. The van der Waals surface area contributed by atoms with Crippen LogP contribution in [0, 0.1) is 17.2 Å². The molecule has 0 aromatic rings. The molecule has 2 N–H and O–H groups in total. The predicted molar refractivity (Wildman–Crippen MR) is 71.2 cm³/mol. The van der Waals surface area contributed by atoms with Gasteiger partial charge in [0.25, 0.3) is 0 Å². The lowest BCUT2D eigenvalue weighted by atomic mass is 9.90. The van der Waals surface area contributed by atoms with Crippen molar-refractivity contribution >= 4 is 23.6 Å². The van der Waals surface area contributed by atoms with Crippen molar-refractivity contribution in [2.75, 3.05) is 5.75 Å². The van der Waals surface area contributed by atoms with E-state index < -0.39 is 11.5 Å². The zero-order chi connectivity index (χ0) is 14.3. The highest BCUT2D eigenvalue weighted by Gasteiger charge is 2.29. The Bertz CT molecular complexity index is 352. The first-order chi connectivity index (χ1) is 8.21. The van der Waals surface area contributed by atoms with Gasteiger partial charge in [0.05, 0.1) is 18.2 Å². The number of thioether (sulfide) groups is 1. The summed E-state index contributed by atoms with van der Waals surface area (Å²) < 4.78 is 0. The highest BCUT2D eigenvalue weighted by molar-refractivity contribution is 8.00. The molecule has 0 aliphatic carbocycles. The normalized spacial score (nSPS) is 15.6. The van der Waals surface area contributed by atoms with Crippen LogP contribution in [0.2, 0.25) is 0 Å². The molecule has 1 amide bonds. The summed E-state index contributed by atoms with van der Waals surface area (Å²) >= 11 is 1.27. The Hall–Kier alpha value is -1.22. The van der Waals surface area contributed by atoms with E-state index in [0.29, 0.717) is 0 Å². The molecule has 0 aromatic heterocycles. The Morgan fingerprint density at radius 1 is 1.44 bits per heavy atom. The molecule has 2 unspecified atom stereocenters. The molecule has 102 valence electrons. The number of amides is 1. The molecule has 0 radical (unpaired) electrons. The van der Waals surface area contributed by atoms with Gasteiger partial charge in [0.2, 0.25) is 5.91 Å². The summed E-state index contributed by atoms with van der Waals surface area (Å²) in [6, 6.07) is 2.09. The van der Waals surface area contributed by atoms with Crippen molar-refractivity contribution in [1.82, 2.24) is 5.32 Å². The van der Waals surface area contributed by atoms with E-state index in [1.807, 2.05) is 13.8 Å². The fraction of sp³-hybridized carbons (Fsp3) is 0.750.